The van der Waals surface area contributed by atoms with Crippen molar-refractivity contribution in [2.75, 3.05) is 0 Å². The number of fused-ring (bicyclic) bond motifs is 4. The zero-order chi connectivity index (χ0) is 25.7. The van der Waals surface area contributed by atoms with Gasteiger partial charge in [0.05, 0.1) is 11.2 Å². The maximum atomic E-state index is 6.80. The average molecular weight is 480 g/mol. The summed E-state index contributed by atoms with van der Waals surface area (Å²) in [4.78, 5) is 0. The van der Waals surface area contributed by atoms with Crippen molar-refractivity contribution in [1.29, 1.82) is 0 Å². The van der Waals surface area contributed by atoms with E-state index in [9.17, 15) is 0 Å². The quantitative estimate of drug-likeness (QED) is 0.273. The molecule has 0 N–H and O–H groups in total. The molecule has 0 saturated carbocycles. The van der Waals surface area contributed by atoms with Gasteiger partial charge in [-0.25, -0.2) is 0 Å². The molecule has 0 atom stereocenters. The van der Waals surface area contributed by atoms with E-state index in [-0.39, 0.29) is 10.8 Å². The highest BCUT2D eigenvalue weighted by Gasteiger charge is 2.53. The van der Waals surface area contributed by atoms with Crippen LogP contribution in [0.1, 0.15) is 79.4 Å². The van der Waals surface area contributed by atoms with Gasteiger partial charge in [0.1, 0.15) is 11.3 Å². The highest BCUT2D eigenvalue weighted by Crippen LogP contribution is 2.47. The largest absolute Gasteiger partial charge is 0.499 e. The fourth-order valence-electron chi connectivity index (χ4n) is 5.98. The number of hydrogen-bond acceptors (Lipinski definition) is 3. The Balaban J connectivity index is 1.62. The number of benzene rings is 3. The van der Waals surface area contributed by atoms with E-state index in [0.717, 1.165) is 33.1 Å². The maximum absolute atomic E-state index is 6.80. The Morgan fingerprint density at radius 3 is 2.00 bits per heavy atom. The van der Waals surface area contributed by atoms with Crippen molar-refractivity contribution in [3.63, 3.8) is 0 Å². The zero-order valence-corrected chi connectivity index (χ0v) is 22.9. The van der Waals surface area contributed by atoms with Gasteiger partial charge >= 0.3 is 7.12 Å². The van der Waals surface area contributed by atoms with Gasteiger partial charge in [-0.3, -0.25) is 0 Å². The van der Waals surface area contributed by atoms with Gasteiger partial charge in [0.25, 0.3) is 0 Å². The van der Waals surface area contributed by atoms with Crippen molar-refractivity contribution in [2.45, 2.75) is 90.3 Å². The lowest BCUT2D eigenvalue weighted by Crippen LogP contribution is -2.41. The Bertz CT molecular complexity index is 1490. The zero-order valence-electron chi connectivity index (χ0n) is 22.9. The lowest BCUT2D eigenvalue weighted by atomic mass is 9.63. The molecular formula is C32H37BO3. The lowest BCUT2D eigenvalue weighted by molar-refractivity contribution is 0.00578. The van der Waals surface area contributed by atoms with Crippen molar-refractivity contribution in [2.24, 2.45) is 0 Å². The van der Waals surface area contributed by atoms with Gasteiger partial charge < -0.3 is 13.7 Å². The molecule has 0 spiro atoms. The van der Waals surface area contributed by atoms with Crippen LogP contribution in [-0.2, 0) is 20.1 Å². The first kappa shape index (κ1) is 23.8. The van der Waals surface area contributed by atoms with Crippen molar-refractivity contribution in [3.05, 3.63) is 65.7 Å². The molecule has 3 aromatic carbocycles. The summed E-state index contributed by atoms with van der Waals surface area (Å²) in [6, 6.07) is 19.7. The van der Waals surface area contributed by atoms with Gasteiger partial charge in [0, 0.05) is 21.8 Å². The molecule has 0 unspecified atom stereocenters. The third-order valence-corrected chi connectivity index (χ3v) is 9.22. The van der Waals surface area contributed by atoms with Crippen LogP contribution >= 0.6 is 0 Å². The molecule has 3 nitrogen and oxygen atoms in total. The number of furan rings is 1. The molecule has 186 valence electrons. The van der Waals surface area contributed by atoms with Crippen LogP contribution in [0.25, 0.3) is 33.1 Å². The summed E-state index contributed by atoms with van der Waals surface area (Å²) < 4.78 is 20.0. The Morgan fingerprint density at radius 1 is 0.667 bits per heavy atom. The minimum absolute atomic E-state index is 0.115. The average Bonchev–Trinajstić information content (AvgIpc) is 3.30. The van der Waals surface area contributed by atoms with Crippen LogP contribution in [-0.4, -0.2) is 18.3 Å². The summed E-state index contributed by atoms with van der Waals surface area (Å²) in [5.74, 6) is 0.849. The first-order valence-electron chi connectivity index (χ1n) is 13.3. The molecule has 1 fully saturated rings. The highest BCUT2D eigenvalue weighted by molar-refractivity contribution is 6.67. The van der Waals surface area contributed by atoms with Crippen molar-refractivity contribution >= 4 is 34.3 Å². The minimum Gasteiger partial charge on any atom is -0.456 e. The van der Waals surface area contributed by atoms with Crippen LogP contribution in [0.4, 0.5) is 0 Å². The predicted octanol–water partition coefficient (Wildman–Crippen LogP) is 7.90. The highest BCUT2D eigenvalue weighted by atomic mass is 16.7. The third kappa shape index (κ3) is 3.41. The van der Waals surface area contributed by atoms with Crippen LogP contribution in [0, 0.1) is 0 Å². The summed E-state index contributed by atoms with van der Waals surface area (Å²) >= 11 is 0. The van der Waals surface area contributed by atoms with E-state index in [4.69, 9.17) is 13.7 Å². The molecule has 1 aromatic heterocycles. The maximum Gasteiger partial charge on any atom is 0.499 e. The molecule has 2 aliphatic rings. The molecule has 2 heterocycles. The first-order chi connectivity index (χ1) is 16.8. The Morgan fingerprint density at radius 2 is 1.31 bits per heavy atom. The second-order valence-corrected chi connectivity index (χ2v) is 13.1. The predicted molar refractivity (Wildman–Crippen MR) is 150 cm³/mol. The van der Waals surface area contributed by atoms with E-state index >= 15 is 0 Å². The summed E-state index contributed by atoms with van der Waals surface area (Å²) in [6.07, 6.45) is 2.37. The molecule has 1 saturated heterocycles. The van der Waals surface area contributed by atoms with E-state index in [0.29, 0.717) is 0 Å². The second kappa shape index (κ2) is 7.49. The first-order valence-corrected chi connectivity index (χ1v) is 13.3. The smallest absolute Gasteiger partial charge is 0.456 e. The fourth-order valence-corrected chi connectivity index (χ4v) is 5.98. The van der Waals surface area contributed by atoms with Crippen molar-refractivity contribution < 1.29 is 13.7 Å². The van der Waals surface area contributed by atoms with E-state index < -0.39 is 18.3 Å². The van der Waals surface area contributed by atoms with Gasteiger partial charge in [0.2, 0.25) is 0 Å². The van der Waals surface area contributed by atoms with E-state index in [2.05, 4.69) is 110 Å². The summed E-state index contributed by atoms with van der Waals surface area (Å²) in [6.45, 7) is 17.9. The monoisotopic (exact) mass is 480 g/mol. The molecule has 4 aromatic rings. The van der Waals surface area contributed by atoms with Gasteiger partial charge in [-0.15, -0.1) is 0 Å². The number of hydrogen-bond donors (Lipinski definition) is 0. The van der Waals surface area contributed by atoms with Crippen LogP contribution < -0.4 is 5.46 Å². The standard InChI is InChI=1S/C32H37BO3/c1-29(2)17-18-30(3,4)25-19-21(14-16-24(25)29)27-26(33-35-31(5,6)32(7,8)36-33)23-15-13-20-11-9-10-12-22(20)28(23)34-27/h9-16,19H,17-18H2,1-8H3. The Kier molecular flexibility index (Phi) is 4.96. The minimum atomic E-state index is -0.507. The molecule has 1 aliphatic carbocycles. The van der Waals surface area contributed by atoms with Gasteiger partial charge in [-0.2, -0.15) is 0 Å². The molecule has 36 heavy (non-hydrogen) atoms. The topological polar surface area (TPSA) is 31.6 Å². The van der Waals surface area contributed by atoms with Gasteiger partial charge in [0.15, 0.2) is 0 Å². The Hall–Kier alpha value is -2.56. The van der Waals surface area contributed by atoms with Gasteiger partial charge in [-0.1, -0.05) is 76.2 Å². The SMILES string of the molecule is CC1(C)CCC(C)(C)c2cc(-c3oc4c(ccc5ccccc54)c3B3OC(C)(C)C(C)(C)O3)ccc21. The molecule has 4 heteroatoms. The summed E-state index contributed by atoms with van der Waals surface area (Å²) in [5.41, 5.74) is 5.25. The molecule has 0 amide bonds. The van der Waals surface area contributed by atoms with E-state index in [1.54, 1.807) is 0 Å². The van der Waals surface area contributed by atoms with Crippen LogP contribution in [0.3, 0.4) is 0 Å². The normalized spacial score (nSPS) is 21.7. The summed E-state index contributed by atoms with van der Waals surface area (Å²) in [5, 5.41) is 3.33. The Labute approximate surface area is 215 Å². The molecule has 0 radical (unpaired) electrons. The third-order valence-electron chi connectivity index (χ3n) is 9.22. The number of rotatable bonds is 2. The summed E-state index contributed by atoms with van der Waals surface area (Å²) in [7, 11) is -0.507. The molecule has 6 rings (SSSR count). The van der Waals surface area contributed by atoms with Crippen molar-refractivity contribution in [1.82, 2.24) is 0 Å². The van der Waals surface area contributed by atoms with Crippen LogP contribution in [0.15, 0.2) is 59.0 Å². The molecule has 1 aliphatic heterocycles. The second-order valence-electron chi connectivity index (χ2n) is 13.1. The fraction of sp³-hybridized carbons (Fsp3) is 0.438. The lowest BCUT2D eigenvalue weighted by Gasteiger charge is -2.42. The molecular weight excluding hydrogens is 443 g/mol. The molecule has 0 bridgehead atoms. The van der Waals surface area contributed by atoms with E-state index in [1.165, 1.54) is 29.4 Å². The van der Waals surface area contributed by atoms with E-state index in [1.807, 2.05) is 0 Å². The van der Waals surface area contributed by atoms with Crippen LogP contribution in [0.2, 0.25) is 0 Å². The van der Waals surface area contributed by atoms with Crippen LogP contribution in [0.5, 0.6) is 0 Å². The van der Waals surface area contributed by atoms with Gasteiger partial charge in [-0.05, 0) is 73.9 Å². The van der Waals surface area contributed by atoms with Crippen molar-refractivity contribution in [3.8, 4) is 11.3 Å².